The molecule has 136 valence electrons. The third-order valence-electron chi connectivity index (χ3n) is 4.16. The molecule has 1 N–H and O–H groups in total. The summed E-state index contributed by atoms with van der Waals surface area (Å²) < 4.78 is 1.98. The summed E-state index contributed by atoms with van der Waals surface area (Å²) in [5.74, 6) is -1.28. The second-order valence-corrected chi connectivity index (χ2v) is 7.73. The number of thiocarbonyl (C=S) groups is 1. The maximum atomic E-state index is 12.6. The molecule has 1 fully saturated rings. The number of nitrogens with zero attached hydrogens (tertiary/aromatic N) is 5. The van der Waals surface area contributed by atoms with Crippen molar-refractivity contribution in [2.75, 3.05) is 6.54 Å². The summed E-state index contributed by atoms with van der Waals surface area (Å²) in [5.41, 5.74) is 3.19. The van der Waals surface area contributed by atoms with Crippen LogP contribution in [-0.2, 0) is 9.59 Å². The molecule has 1 amide bonds. The largest absolute Gasteiger partial charge is 0.481 e. The van der Waals surface area contributed by atoms with E-state index < -0.39 is 5.97 Å². The van der Waals surface area contributed by atoms with Gasteiger partial charge in [-0.25, -0.2) is 0 Å². The van der Waals surface area contributed by atoms with E-state index in [1.807, 2.05) is 31.2 Å². The van der Waals surface area contributed by atoms with Crippen molar-refractivity contribution < 1.29 is 14.7 Å². The Morgan fingerprint density at radius 2 is 2.19 bits per heavy atom. The second-order valence-electron chi connectivity index (χ2n) is 6.05. The number of carboxylic acids is 1. The van der Waals surface area contributed by atoms with Gasteiger partial charge in [-0.2, -0.15) is 4.52 Å². The minimum atomic E-state index is -0.978. The van der Waals surface area contributed by atoms with Gasteiger partial charge in [-0.15, -0.1) is 5.10 Å². The fourth-order valence-electron chi connectivity index (χ4n) is 2.89. The van der Waals surface area contributed by atoms with Gasteiger partial charge in [0.05, 0.1) is 16.8 Å². The summed E-state index contributed by atoms with van der Waals surface area (Å²) in [7, 11) is 0. The lowest BCUT2D eigenvalue weighted by Crippen LogP contribution is -2.30. The van der Waals surface area contributed by atoms with Crippen molar-refractivity contribution in [1.29, 1.82) is 0 Å². The molecule has 8 nitrogen and oxygen atoms in total. The lowest BCUT2D eigenvalue weighted by molar-refractivity contribution is -0.137. The highest BCUT2D eigenvalue weighted by Crippen LogP contribution is 2.33. The van der Waals surface area contributed by atoms with Crippen LogP contribution in [0.1, 0.15) is 17.5 Å². The number of rotatable bonds is 4. The maximum absolute atomic E-state index is 12.6. The summed E-state index contributed by atoms with van der Waals surface area (Å²) in [6.45, 7) is 2.05. The molecule has 0 radical (unpaired) electrons. The molecule has 3 aromatic rings. The first-order chi connectivity index (χ1) is 12.9. The molecule has 0 saturated carbocycles. The number of thioether (sulfide) groups is 1. The number of carbonyl (C=O) groups excluding carboxylic acids is 1. The van der Waals surface area contributed by atoms with E-state index in [4.69, 9.17) is 17.3 Å². The molecular weight excluding hydrogens is 386 g/mol. The number of carbonyl (C=O) groups is 2. The van der Waals surface area contributed by atoms with E-state index in [-0.39, 0.29) is 18.9 Å². The Morgan fingerprint density at radius 1 is 1.37 bits per heavy atom. The molecule has 3 heterocycles. The fourth-order valence-corrected chi connectivity index (χ4v) is 4.19. The third kappa shape index (κ3) is 3.17. The Hall–Kier alpha value is -2.85. The number of pyridine rings is 1. The van der Waals surface area contributed by atoms with Crippen LogP contribution in [-0.4, -0.2) is 52.8 Å². The fraction of sp³-hybridized carbons (Fsp3) is 0.176. The normalized spacial score (nSPS) is 16.2. The minimum Gasteiger partial charge on any atom is -0.481 e. The Bertz CT molecular complexity index is 1150. The first kappa shape index (κ1) is 17.6. The van der Waals surface area contributed by atoms with Crippen molar-refractivity contribution in [1.82, 2.24) is 24.9 Å². The second kappa shape index (κ2) is 6.71. The topological polar surface area (TPSA) is 101 Å². The summed E-state index contributed by atoms with van der Waals surface area (Å²) in [5, 5.41) is 21.6. The number of hydrogen-bond donors (Lipinski definition) is 1. The lowest BCUT2D eigenvalue weighted by Gasteiger charge is -2.12. The van der Waals surface area contributed by atoms with Gasteiger partial charge in [0.1, 0.15) is 4.32 Å². The molecular formula is C17H13N5O3S2. The molecule has 27 heavy (non-hydrogen) atoms. The zero-order valence-corrected chi connectivity index (χ0v) is 15.8. The number of amides is 1. The van der Waals surface area contributed by atoms with Crippen molar-refractivity contribution >= 4 is 62.8 Å². The van der Waals surface area contributed by atoms with Crippen molar-refractivity contribution in [3.63, 3.8) is 0 Å². The first-order valence-electron chi connectivity index (χ1n) is 8.02. The summed E-state index contributed by atoms with van der Waals surface area (Å²) in [6, 6.07) is 7.88. The zero-order valence-electron chi connectivity index (χ0n) is 14.1. The van der Waals surface area contributed by atoms with Crippen LogP contribution in [0.4, 0.5) is 0 Å². The maximum Gasteiger partial charge on any atom is 0.305 e. The van der Waals surface area contributed by atoms with E-state index >= 15 is 0 Å². The van der Waals surface area contributed by atoms with Crippen LogP contribution in [0, 0.1) is 6.92 Å². The van der Waals surface area contributed by atoms with Crippen LogP contribution < -0.4 is 0 Å². The van der Waals surface area contributed by atoms with Gasteiger partial charge in [-0.3, -0.25) is 14.5 Å². The molecule has 1 saturated heterocycles. The van der Waals surface area contributed by atoms with Crippen molar-refractivity contribution in [3.8, 4) is 0 Å². The molecule has 1 aliphatic rings. The number of hydrogen-bond acceptors (Lipinski definition) is 7. The molecule has 0 spiro atoms. The summed E-state index contributed by atoms with van der Waals surface area (Å²) in [4.78, 5) is 25.1. The number of aryl methyl sites for hydroxylation is 1. The molecule has 0 aliphatic carbocycles. The van der Waals surface area contributed by atoms with Crippen molar-refractivity contribution in [2.24, 2.45) is 0 Å². The van der Waals surface area contributed by atoms with E-state index in [0.29, 0.717) is 20.4 Å². The van der Waals surface area contributed by atoms with Gasteiger partial charge in [0.15, 0.2) is 5.65 Å². The monoisotopic (exact) mass is 399 g/mol. The molecule has 2 aromatic heterocycles. The third-order valence-corrected chi connectivity index (χ3v) is 5.54. The van der Waals surface area contributed by atoms with Gasteiger partial charge in [0.25, 0.3) is 5.91 Å². The van der Waals surface area contributed by atoms with Gasteiger partial charge < -0.3 is 5.11 Å². The lowest BCUT2D eigenvalue weighted by atomic mass is 10.1. The average Bonchev–Trinajstić information content (AvgIpc) is 3.19. The zero-order chi connectivity index (χ0) is 19.1. The molecule has 1 aromatic carbocycles. The number of tetrazole rings is 1. The van der Waals surface area contributed by atoms with Crippen molar-refractivity contribution in [3.05, 3.63) is 40.3 Å². The van der Waals surface area contributed by atoms with Crippen LogP contribution in [0.15, 0.2) is 29.2 Å². The quantitative estimate of drug-likeness (QED) is 0.527. The van der Waals surface area contributed by atoms with Crippen LogP contribution in [0.5, 0.6) is 0 Å². The molecule has 1 aliphatic heterocycles. The molecule has 0 unspecified atom stereocenters. The number of benzene rings is 1. The Kier molecular flexibility index (Phi) is 4.36. The van der Waals surface area contributed by atoms with Crippen LogP contribution in [0.25, 0.3) is 22.6 Å². The van der Waals surface area contributed by atoms with Crippen molar-refractivity contribution in [2.45, 2.75) is 13.3 Å². The molecule has 0 bridgehead atoms. The molecule has 4 rings (SSSR count). The smallest absolute Gasteiger partial charge is 0.305 e. The van der Waals surface area contributed by atoms with E-state index in [1.54, 1.807) is 10.6 Å². The number of fused-ring (bicyclic) bond motifs is 3. The van der Waals surface area contributed by atoms with E-state index in [2.05, 4.69) is 15.5 Å². The SMILES string of the molecule is Cc1ccc2c(c1)cc(/C=C1\SC(=S)N(CCC(=O)O)C1=O)c1nnnn12. The average molecular weight is 399 g/mol. The number of carboxylic acid groups (broad SMARTS) is 1. The minimum absolute atomic E-state index is 0.0517. The first-order valence-corrected chi connectivity index (χ1v) is 9.25. The van der Waals surface area contributed by atoms with Gasteiger partial charge in [0, 0.05) is 17.5 Å². The van der Waals surface area contributed by atoms with Gasteiger partial charge in [-0.05, 0) is 41.6 Å². The van der Waals surface area contributed by atoms with Crippen LogP contribution in [0.2, 0.25) is 0 Å². The molecule has 10 heteroatoms. The predicted molar refractivity (Wildman–Crippen MR) is 105 cm³/mol. The van der Waals surface area contributed by atoms with E-state index in [9.17, 15) is 9.59 Å². The number of aromatic nitrogens is 4. The standard InChI is InChI=1S/C17H13N5O3S2/c1-9-2-3-12-10(6-9)7-11(15-18-19-20-22(12)15)8-13-16(25)21(17(26)27-13)5-4-14(23)24/h2-3,6-8H,4-5H2,1H3,(H,23,24)/b13-8-. The highest BCUT2D eigenvalue weighted by atomic mass is 32.2. The van der Waals surface area contributed by atoms with Crippen LogP contribution >= 0.6 is 24.0 Å². The predicted octanol–water partition coefficient (Wildman–Crippen LogP) is 2.26. The van der Waals surface area contributed by atoms with Gasteiger partial charge >= 0.3 is 5.97 Å². The van der Waals surface area contributed by atoms with E-state index in [1.165, 1.54) is 4.90 Å². The Balaban J connectivity index is 1.78. The molecule has 0 atom stereocenters. The van der Waals surface area contributed by atoms with E-state index in [0.717, 1.165) is 28.2 Å². The highest BCUT2D eigenvalue weighted by molar-refractivity contribution is 8.26. The Morgan fingerprint density at radius 3 is 2.96 bits per heavy atom. The Labute approximate surface area is 162 Å². The summed E-state index contributed by atoms with van der Waals surface area (Å²) >= 11 is 6.37. The highest BCUT2D eigenvalue weighted by Gasteiger charge is 2.32. The summed E-state index contributed by atoms with van der Waals surface area (Å²) in [6.07, 6.45) is 1.54. The van der Waals surface area contributed by atoms with Crippen LogP contribution in [0.3, 0.4) is 0 Å². The van der Waals surface area contributed by atoms with Gasteiger partial charge in [0.2, 0.25) is 0 Å². The van der Waals surface area contributed by atoms with Gasteiger partial charge in [-0.1, -0.05) is 35.6 Å². The number of aliphatic carboxylic acids is 1.